The molecule has 2 atom stereocenters. The highest BCUT2D eigenvalue weighted by molar-refractivity contribution is 6.33. The molecule has 0 bridgehead atoms. The van der Waals surface area contributed by atoms with Gasteiger partial charge in [-0.3, -0.25) is 9.59 Å². The molecule has 20 heavy (non-hydrogen) atoms. The van der Waals surface area contributed by atoms with Crippen molar-refractivity contribution in [3.8, 4) is 5.75 Å². The van der Waals surface area contributed by atoms with Crippen LogP contribution < -0.4 is 9.64 Å². The van der Waals surface area contributed by atoms with E-state index in [4.69, 9.17) is 16.3 Å². The van der Waals surface area contributed by atoms with Crippen molar-refractivity contribution in [2.24, 2.45) is 0 Å². The van der Waals surface area contributed by atoms with Gasteiger partial charge in [0.05, 0.1) is 11.1 Å². The number of rotatable bonds is 3. The zero-order chi connectivity index (χ0) is 15.0. The van der Waals surface area contributed by atoms with Crippen molar-refractivity contribution in [2.75, 3.05) is 4.90 Å². The van der Waals surface area contributed by atoms with Gasteiger partial charge < -0.3 is 9.64 Å². The Kier molecular flexibility index (Phi) is 4.04. The van der Waals surface area contributed by atoms with Crippen LogP contribution in [0.5, 0.6) is 5.75 Å². The van der Waals surface area contributed by atoms with Gasteiger partial charge in [-0.25, -0.2) is 0 Å². The fourth-order valence-corrected chi connectivity index (χ4v) is 2.40. The molecule has 4 nitrogen and oxygen atoms in total. The minimum atomic E-state index is -0.598. The summed E-state index contributed by atoms with van der Waals surface area (Å²) >= 11 is 5.84. The number of ketones is 1. The van der Waals surface area contributed by atoms with E-state index in [2.05, 4.69) is 0 Å². The molecule has 1 aliphatic rings. The number of alkyl halides is 1. The lowest BCUT2D eigenvalue weighted by molar-refractivity contribution is -0.125. The van der Waals surface area contributed by atoms with E-state index in [9.17, 15) is 9.59 Å². The Balaban J connectivity index is 2.51. The molecule has 1 amide bonds. The van der Waals surface area contributed by atoms with Gasteiger partial charge in [0.15, 0.2) is 11.9 Å². The third kappa shape index (κ3) is 2.52. The van der Waals surface area contributed by atoms with Crippen LogP contribution in [0.15, 0.2) is 18.2 Å². The van der Waals surface area contributed by atoms with E-state index in [0.717, 1.165) is 0 Å². The number of ether oxygens (including phenoxy) is 1. The van der Waals surface area contributed by atoms with Crippen molar-refractivity contribution in [1.82, 2.24) is 0 Å². The Labute approximate surface area is 123 Å². The van der Waals surface area contributed by atoms with Crippen LogP contribution in [0, 0.1) is 0 Å². The Hall–Kier alpha value is -1.55. The lowest BCUT2D eigenvalue weighted by Gasteiger charge is -2.35. The van der Waals surface area contributed by atoms with E-state index in [1.165, 1.54) is 0 Å². The maximum atomic E-state index is 12.2. The average molecular weight is 296 g/mol. The minimum Gasteiger partial charge on any atom is -0.479 e. The zero-order valence-corrected chi connectivity index (χ0v) is 12.8. The Bertz CT molecular complexity index is 554. The number of halogens is 1. The molecule has 0 radical (unpaired) electrons. The molecule has 1 aromatic rings. The van der Waals surface area contributed by atoms with Gasteiger partial charge >= 0.3 is 0 Å². The van der Waals surface area contributed by atoms with E-state index < -0.39 is 11.5 Å². The van der Waals surface area contributed by atoms with Crippen LogP contribution in [-0.2, 0) is 4.79 Å². The molecule has 1 aromatic carbocycles. The molecule has 0 aromatic heterocycles. The van der Waals surface area contributed by atoms with Crippen molar-refractivity contribution in [1.29, 1.82) is 0 Å². The molecule has 0 saturated carbocycles. The topological polar surface area (TPSA) is 46.6 Å². The maximum absolute atomic E-state index is 12.2. The monoisotopic (exact) mass is 295 g/mol. The van der Waals surface area contributed by atoms with Crippen molar-refractivity contribution >= 4 is 29.0 Å². The summed E-state index contributed by atoms with van der Waals surface area (Å²) in [5.41, 5.74) is 1.12. The number of benzene rings is 1. The summed E-state index contributed by atoms with van der Waals surface area (Å²) < 4.78 is 5.58. The lowest BCUT2D eigenvalue weighted by Crippen LogP contribution is -2.47. The van der Waals surface area contributed by atoms with Crippen LogP contribution >= 0.6 is 11.6 Å². The molecule has 0 aliphatic carbocycles. The fourth-order valence-electron chi connectivity index (χ4n) is 2.28. The molecule has 2 rings (SSSR count). The summed E-state index contributed by atoms with van der Waals surface area (Å²) in [5, 5.41) is -0.598. The van der Waals surface area contributed by atoms with E-state index >= 15 is 0 Å². The highest BCUT2D eigenvalue weighted by Crippen LogP contribution is 2.36. The standard InChI is InChI=1S/C15H18ClNO3/c1-8(2)17-12-7-11(14(18)9(3)16)5-6-13(12)20-10(4)15(17)19/h5-10H,1-4H3. The van der Waals surface area contributed by atoms with Crippen LogP contribution in [0.4, 0.5) is 5.69 Å². The van der Waals surface area contributed by atoms with Gasteiger partial charge in [-0.05, 0) is 45.9 Å². The maximum Gasteiger partial charge on any atom is 0.268 e. The summed E-state index contributed by atoms with van der Waals surface area (Å²) in [5.74, 6) is 0.352. The zero-order valence-electron chi connectivity index (χ0n) is 12.0. The second kappa shape index (κ2) is 5.44. The Morgan fingerprint density at radius 1 is 1.35 bits per heavy atom. The molecule has 0 saturated heterocycles. The van der Waals surface area contributed by atoms with Gasteiger partial charge in [-0.1, -0.05) is 0 Å². The second-order valence-corrected chi connectivity index (χ2v) is 5.88. The Morgan fingerprint density at radius 2 is 2.00 bits per heavy atom. The molecular formula is C15H18ClNO3. The summed E-state index contributed by atoms with van der Waals surface area (Å²) in [6.45, 7) is 7.21. The average Bonchev–Trinajstić information content (AvgIpc) is 2.38. The van der Waals surface area contributed by atoms with Crippen LogP contribution in [-0.4, -0.2) is 29.2 Å². The number of Topliss-reactive ketones (excluding diaryl/α,β-unsaturated/α-hetero) is 1. The molecule has 5 heteroatoms. The third-order valence-corrected chi connectivity index (χ3v) is 3.47. The van der Waals surface area contributed by atoms with Gasteiger partial charge in [0.1, 0.15) is 5.75 Å². The van der Waals surface area contributed by atoms with Crippen molar-refractivity contribution in [3.63, 3.8) is 0 Å². The number of anilines is 1. The van der Waals surface area contributed by atoms with Crippen LogP contribution in [0.3, 0.4) is 0 Å². The minimum absolute atomic E-state index is 0.00798. The second-order valence-electron chi connectivity index (χ2n) is 5.22. The first-order valence-corrected chi connectivity index (χ1v) is 7.08. The van der Waals surface area contributed by atoms with Crippen LogP contribution in [0.2, 0.25) is 0 Å². The molecule has 1 aliphatic heterocycles. The summed E-state index contributed by atoms with van der Waals surface area (Å²) in [6.07, 6.45) is -0.515. The summed E-state index contributed by atoms with van der Waals surface area (Å²) in [6, 6.07) is 5.08. The van der Waals surface area contributed by atoms with Crippen molar-refractivity contribution in [3.05, 3.63) is 23.8 Å². The number of nitrogens with zero attached hydrogens (tertiary/aromatic N) is 1. The number of hydrogen-bond acceptors (Lipinski definition) is 3. The van der Waals surface area contributed by atoms with Crippen LogP contribution in [0.1, 0.15) is 38.1 Å². The number of fused-ring (bicyclic) bond motifs is 1. The lowest BCUT2D eigenvalue weighted by atomic mass is 10.0. The van der Waals surface area contributed by atoms with Gasteiger partial charge in [0.2, 0.25) is 0 Å². The predicted octanol–water partition coefficient (Wildman–Crippen LogP) is 3.02. The van der Waals surface area contributed by atoms with Crippen molar-refractivity contribution < 1.29 is 14.3 Å². The van der Waals surface area contributed by atoms with E-state index in [1.54, 1.807) is 36.9 Å². The number of carbonyl (C=O) groups excluding carboxylic acids is 2. The SMILES string of the molecule is CC(Cl)C(=O)c1ccc2c(c1)N(C(C)C)C(=O)C(C)O2. The highest BCUT2D eigenvalue weighted by atomic mass is 35.5. The first-order chi connectivity index (χ1) is 9.32. The molecule has 0 N–H and O–H groups in total. The van der Waals surface area contributed by atoms with E-state index in [-0.39, 0.29) is 17.7 Å². The molecule has 2 unspecified atom stereocenters. The quantitative estimate of drug-likeness (QED) is 0.636. The third-order valence-electron chi connectivity index (χ3n) is 3.27. The highest BCUT2D eigenvalue weighted by Gasteiger charge is 2.33. The Morgan fingerprint density at radius 3 is 2.55 bits per heavy atom. The molecule has 0 spiro atoms. The van der Waals surface area contributed by atoms with Gasteiger partial charge in [-0.15, -0.1) is 11.6 Å². The normalized spacial score (nSPS) is 19.6. The largest absolute Gasteiger partial charge is 0.479 e. The van der Waals surface area contributed by atoms with Gasteiger partial charge in [-0.2, -0.15) is 0 Å². The summed E-state index contributed by atoms with van der Waals surface area (Å²) in [7, 11) is 0. The predicted molar refractivity (Wildman–Crippen MR) is 78.8 cm³/mol. The molecule has 1 heterocycles. The first-order valence-electron chi connectivity index (χ1n) is 6.65. The van der Waals surface area contributed by atoms with Gasteiger partial charge in [0.25, 0.3) is 5.91 Å². The van der Waals surface area contributed by atoms with Gasteiger partial charge in [0, 0.05) is 11.6 Å². The molecule has 0 fully saturated rings. The molecule has 108 valence electrons. The van der Waals surface area contributed by atoms with Crippen molar-refractivity contribution in [2.45, 2.75) is 45.2 Å². The fraction of sp³-hybridized carbons (Fsp3) is 0.467. The van der Waals surface area contributed by atoms with Crippen LogP contribution in [0.25, 0.3) is 0 Å². The van der Waals surface area contributed by atoms with E-state index in [1.807, 2.05) is 13.8 Å². The van der Waals surface area contributed by atoms with E-state index in [0.29, 0.717) is 17.0 Å². The summed E-state index contributed by atoms with van der Waals surface area (Å²) in [4.78, 5) is 25.9. The number of carbonyl (C=O) groups is 2. The molecular weight excluding hydrogens is 278 g/mol. The number of amides is 1. The first kappa shape index (κ1) is 14.9. The smallest absolute Gasteiger partial charge is 0.268 e. The number of hydrogen-bond donors (Lipinski definition) is 0.